The molecule has 0 aromatic heterocycles. The van der Waals surface area contributed by atoms with Crippen LogP contribution in [0.1, 0.15) is 36.0 Å². The molecule has 0 unspecified atom stereocenters. The molecule has 0 N–H and O–H groups in total. The number of benzene rings is 1. The Morgan fingerprint density at radius 2 is 2.11 bits per heavy atom. The highest BCUT2D eigenvalue weighted by Gasteiger charge is 2.49. The van der Waals surface area contributed by atoms with Crippen LogP contribution in [0.2, 0.25) is 0 Å². The van der Waals surface area contributed by atoms with E-state index in [9.17, 15) is 4.79 Å². The molecule has 18 heavy (non-hydrogen) atoms. The Balaban J connectivity index is 1.88. The second kappa shape index (κ2) is 4.35. The zero-order valence-corrected chi connectivity index (χ0v) is 11.8. The van der Waals surface area contributed by atoms with Gasteiger partial charge in [-0.15, -0.1) is 0 Å². The van der Waals surface area contributed by atoms with Crippen LogP contribution in [-0.4, -0.2) is 24.6 Å². The van der Waals surface area contributed by atoms with Crippen LogP contribution in [0.4, 0.5) is 0 Å². The minimum atomic E-state index is -0.627. The average Bonchev–Trinajstić information content (AvgIpc) is 2.65. The van der Waals surface area contributed by atoms with E-state index >= 15 is 0 Å². The van der Waals surface area contributed by atoms with Crippen LogP contribution < -0.4 is 4.74 Å². The van der Waals surface area contributed by atoms with Crippen molar-refractivity contribution in [3.63, 3.8) is 0 Å². The lowest BCUT2D eigenvalue weighted by atomic mass is 9.79. The number of fused-ring (bicyclic) bond motifs is 1. The van der Waals surface area contributed by atoms with E-state index in [0.717, 1.165) is 35.9 Å². The Morgan fingerprint density at radius 1 is 1.39 bits per heavy atom. The summed E-state index contributed by atoms with van der Waals surface area (Å²) in [6.07, 6.45) is 3.53. The van der Waals surface area contributed by atoms with E-state index < -0.39 is 5.60 Å². The fourth-order valence-electron chi connectivity index (χ4n) is 2.89. The van der Waals surface area contributed by atoms with Crippen molar-refractivity contribution < 1.29 is 14.3 Å². The summed E-state index contributed by atoms with van der Waals surface area (Å²) in [6, 6.07) is 5.63. The molecule has 3 nitrogen and oxygen atoms in total. The topological polar surface area (TPSA) is 35.5 Å². The maximum atomic E-state index is 12.5. The normalized spacial score (nSPS) is 30.3. The summed E-state index contributed by atoms with van der Waals surface area (Å²) in [5.74, 6) is 0.854. The molecule has 1 saturated carbocycles. The summed E-state index contributed by atoms with van der Waals surface area (Å²) in [5, 5.41) is 0. The third kappa shape index (κ3) is 1.79. The molecule has 1 aromatic rings. The van der Waals surface area contributed by atoms with Gasteiger partial charge in [0.1, 0.15) is 5.75 Å². The van der Waals surface area contributed by atoms with Gasteiger partial charge < -0.3 is 9.47 Å². The molecule has 0 radical (unpaired) electrons. The van der Waals surface area contributed by atoms with Crippen LogP contribution >= 0.6 is 15.9 Å². The monoisotopic (exact) mass is 310 g/mol. The van der Waals surface area contributed by atoms with Gasteiger partial charge in [-0.05, 0) is 43.9 Å². The summed E-state index contributed by atoms with van der Waals surface area (Å²) in [5.41, 5.74) is 0.0817. The molecule has 2 aliphatic rings. The molecule has 96 valence electrons. The number of methoxy groups -OCH3 is 1. The van der Waals surface area contributed by atoms with Crippen molar-refractivity contribution in [1.29, 1.82) is 0 Å². The maximum absolute atomic E-state index is 12.5. The van der Waals surface area contributed by atoms with E-state index in [4.69, 9.17) is 9.47 Å². The zero-order chi connectivity index (χ0) is 12.8. The molecule has 1 spiro atoms. The first-order valence-electron chi connectivity index (χ1n) is 6.21. The number of ketones is 1. The van der Waals surface area contributed by atoms with Crippen LogP contribution in [0, 0.1) is 0 Å². The summed E-state index contributed by atoms with van der Waals surface area (Å²) in [4.78, 5) is 12.5. The van der Waals surface area contributed by atoms with E-state index in [1.807, 2.05) is 18.2 Å². The molecule has 3 rings (SSSR count). The number of halogens is 1. The lowest BCUT2D eigenvalue weighted by Crippen LogP contribution is -2.44. The van der Waals surface area contributed by atoms with Crippen molar-refractivity contribution in [2.75, 3.05) is 7.11 Å². The Morgan fingerprint density at radius 3 is 2.78 bits per heavy atom. The molecular weight excluding hydrogens is 296 g/mol. The second-order valence-electron chi connectivity index (χ2n) is 5.00. The van der Waals surface area contributed by atoms with E-state index in [-0.39, 0.29) is 11.9 Å². The van der Waals surface area contributed by atoms with Gasteiger partial charge in [-0.1, -0.05) is 15.9 Å². The SMILES string of the molecule is COC1CCC2(CC1)Oc1ccc(Br)cc1C2=O. The van der Waals surface area contributed by atoms with Gasteiger partial charge in [0.25, 0.3) is 0 Å². The van der Waals surface area contributed by atoms with Crippen molar-refractivity contribution in [3.05, 3.63) is 28.2 Å². The van der Waals surface area contributed by atoms with Gasteiger partial charge in [0, 0.05) is 11.6 Å². The van der Waals surface area contributed by atoms with E-state index in [2.05, 4.69) is 15.9 Å². The maximum Gasteiger partial charge on any atom is 0.210 e. The molecule has 1 aliphatic heterocycles. The van der Waals surface area contributed by atoms with E-state index in [1.165, 1.54) is 0 Å². The van der Waals surface area contributed by atoms with Gasteiger partial charge >= 0.3 is 0 Å². The number of ether oxygens (including phenoxy) is 2. The first-order chi connectivity index (χ1) is 8.64. The van der Waals surface area contributed by atoms with Crippen molar-refractivity contribution in [2.24, 2.45) is 0 Å². The third-order valence-corrected chi connectivity index (χ3v) is 4.47. The summed E-state index contributed by atoms with van der Waals surface area (Å²) in [7, 11) is 1.73. The predicted octanol–water partition coefficient (Wildman–Crippen LogP) is 3.35. The molecule has 0 amide bonds. The second-order valence-corrected chi connectivity index (χ2v) is 5.92. The molecule has 0 atom stereocenters. The van der Waals surface area contributed by atoms with Crippen LogP contribution in [0.25, 0.3) is 0 Å². The van der Waals surface area contributed by atoms with E-state index in [0.29, 0.717) is 5.56 Å². The lowest BCUT2D eigenvalue weighted by molar-refractivity contribution is -0.00600. The quantitative estimate of drug-likeness (QED) is 0.798. The van der Waals surface area contributed by atoms with Crippen molar-refractivity contribution >= 4 is 21.7 Å². The van der Waals surface area contributed by atoms with E-state index in [1.54, 1.807) is 7.11 Å². The number of carbonyl (C=O) groups excluding carboxylic acids is 1. The third-order valence-electron chi connectivity index (χ3n) is 3.98. The molecule has 4 heteroatoms. The van der Waals surface area contributed by atoms with Gasteiger partial charge in [-0.3, -0.25) is 4.79 Å². The minimum absolute atomic E-state index is 0.133. The average molecular weight is 311 g/mol. The largest absolute Gasteiger partial charge is 0.478 e. The molecule has 1 aliphatic carbocycles. The number of hydrogen-bond donors (Lipinski definition) is 0. The minimum Gasteiger partial charge on any atom is -0.478 e. The molecule has 0 bridgehead atoms. The molecule has 1 aromatic carbocycles. The lowest BCUT2D eigenvalue weighted by Gasteiger charge is -2.34. The number of hydrogen-bond acceptors (Lipinski definition) is 3. The van der Waals surface area contributed by atoms with Gasteiger partial charge in [-0.25, -0.2) is 0 Å². The number of rotatable bonds is 1. The Labute approximate surface area is 115 Å². The fraction of sp³-hybridized carbons (Fsp3) is 0.500. The molecule has 0 saturated heterocycles. The summed E-state index contributed by atoms with van der Waals surface area (Å²) < 4.78 is 12.2. The highest BCUT2D eigenvalue weighted by molar-refractivity contribution is 9.10. The first-order valence-corrected chi connectivity index (χ1v) is 7.00. The van der Waals surface area contributed by atoms with Crippen LogP contribution in [-0.2, 0) is 4.74 Å². The van der Waals surface area contributed by atoms with Crippen molar-refractivity contribution in [1.82, 2.24) is 0 Å². The predicted molar refractivity (Wildman–Crippen MR) is 71.1 cm³/mol. The van der Waals surface area contributed by atoms with Gasteiger partial charge in [-0.2, -0.15) is 0 Å². The molecular formula is C14H15BrO3. The number of Topliss-reactive ketones (excluding diaryl/α,β-unsaturated/α-hetero) is 1. The highest BCUT2D eigenvalue weighted by Crippen LogP contribution is 2.44. The first kappa shape index (κ1) is 12.2. The van der Waals surface area contributed by atoms with Crippen LogP contribution in [0.5, 0.6) is 5.75 Å². The summed E-state index contributed by atoms with van der Waals surface area (Å²) >= 11 is 3.40. The Bertz CT molecular complexity index is 490. The zero-order valence-electron chi connectivity index (χ0n) is 10.2. The standard InChI is InChI=1S/C14H15BrO3/c1-17-10-4-6-14(7-5-10)13(16)11-8-9(15)2-3-12(11)18-14/h2-3,8,10H,4-7H2,1H3. The van der Waals surface area contributed by atoms with Crippen molar-refractivity contribution in [3.8, 4) is 5.75 Å². The summed E-state index contributed by atoms with van der Waals surface area (Å²) in [6.45, 7) is 0. The van der Waals surface area contributed by atoms with Crippen LogP contribution in [0.3, 0.4) is 0 Å². The highest BCUT2D eigenvalue weighted by atomic mass is 79.9. The Kier molecular flexibility index (Phi) is 2.94. The Hall–Kier alpha value is -0.870. The fourth-order valence-corrected chi connectivity index (χ4v) is 3.25. The molecule has 1 fully saturated rings. The smallest absolute Gasteiger partial charge is 0.210 e. The van der Waals surface area contributed by atoms with Crippen LogP contribution in [0.15, 0.2) is 22.7 Å². The van der Waals surface area contributed by atoms with Gasteiger partial charge in [0.2, 0.25) is 5.78 Å². The van der Waals surface area contributed by atoms with Crippen molar-refractivity contribution in [2.45, 2.75) is 37.4 Å². The molecule has 1 heterocycles. The van der Waals surface area contributed by atoms with Gasteiger partial charge in [0.15, 0.2) is 5.60 Å². The number of carbonyl (C=O) groups is 1. The van der Waals surface area contributed by atoms with Gasteiger partial charge in [0.05, 0.1) is 11.7 Å².